The zero-order valence-corrected chi connectivity index (χ0v) is 17.8. The van der Waals surface area contributed by atoms with Gasteiger partial charge < -0.3 is 14.9 Å². The van der Waals surface area contributed by atoms with Gasteiger partial charge in [0.25, 0.3) is 0 Å². The van der Waals surface area contributed by atoms with Crippen LogP contribution < -0.4 is 0 Å². The summed E-state index contributed by atoms with van der Waals surface area (Å²) in [6.45, 7) is 5.71. The molecule has 9 atom stereocenters. The zero-order valence-electron chi connectivity index (χ0n) is 17.8. The van der Waals surface area contributed by atoms with E-state index in [-0.39, 0.29) is 0 Å². The Morgan fingerprint density at radius 3 is 2.52 bits per heavy atom. The minimum atomic E-state index is -0.571. The van der Waals surface area contributed by atoms with Gasteiger partial charge in [0.1, 0.15) is 0 Å². The van der Waals surface area contributed by atoms with Crippen LogP contribution in [0.4, 0.5) is 0 Å². The van der Waals surface area contributed by atoms with Gasteiger partial charge in [-0.2, -0.15) is 0 Å². The lowest BCUT2D eigenvalue weighted by molar-refractivity contribution is -0.147. The van der Waals surface area contributed by atoms with Crippen LogP contribution >= 0.6 is 0 Å². The number of fused-ring (bicyclic) bond motifs is 5. The molecule has 0 unspecified atom stereocenters. The fourth-order valence-corrected chi connectivity index (χ4v) is 8.66. The van der Waals surface area contributed by atoms with Crippen LogP contribution in [0.25, 0.3) is 0 Å². The Morgan fingerprint density at radius 1 is 1.00 bits per heavy atom. The summed E-state index contributed by atoms with van der Waals surface area (Å²) in [6.07, 6.45) is 12.6. The Labute approximate surface area is 166 Å². The molecule has 3 nitrogen and oxygen atoms in total. The molecule has 4 aliphatic carbocycles. The summed E-state index contributed by atoms with van der Waals surface area (Å²) in [5.74, 6) is 5.35. The van der Waals surface area contributed by atoms with Crippen molar-refractivity contribution in [2.45, 2.75) is 83.7 Å². The van der Waals surface area contributed by atoms with Crippen LogP contribution in [0.5, 0.6) is 0 Å². The topological polar surface area (TPSA) is 49.7 Å². The van der Waals surface area contributed by atoms with Crippen LogP contribution in [0.2, 0.25) is 0 Å². The third-order valence-electron chi connectivity index (χ3n) is 9.81. The fraction of sp³-hybridized carbons (Fsp3) is 1.00. The quantitative estimate of drug-likeness (QED) is 0.748. The monoisotopic (exact) mass is 378 g/mol. The number of hydrogen-bond acceptors (Lipinski definition) is 3. The molecule has 0 aliphatic heterocycles. The Balaban J connectivity index is 1.51. The van der Waals surface area contributed by atoms with Crippen molar-refractivity contribution in [2.75, 3.05) is 20.3 Å². The maximum absolute atomic E-state index is 10.9. The molecule has 0 heterocycles. The molecule has 4 saturated carbocycles. The van der Waals surface area contributed by atoms with Crippen molar-refractivity contribution in [1.82, 2.24) is 0 Å². The van der Waals surface area contributed by atoms with E-state index in [1.54, 1.807) is 7.11 Å². The first-order valence-corrected chi connectivity index (χ1v) is 11.7. The van der Waals surface area contributed by atoms with Crippen molar-refractivity contribution in [2.24, 2.45) is 46.8 Å². The van der Waals surface area contributed by atoms with Crippen molar-refractivity contribution in [3.05, 3.63) is 0 Å². The van der Waals surface area contributed by atoms with Gasteiger partial charge >= 0.3 is 0 Å². The maximum atomic E-state index is 10.9. The van der Waals surface area contributed by atoms with E-state index < -0.39 is 5.60 Å². The molecule has 0 radical (unpaired) electrons. The molecule has 4 rings (SSSR count). The number of hydrogen-bond donors (Lipinski definition) is 2. The first-order valence-electron chi connectivity index (χ1n) is 11.7. The molecule has 156 valence electrons. The molecular formula is C24H42O3. The smallest absolute Gasteiger partial charge is 0.0882 e. The number of aliphatic hydroxyl groups excluding tert-OH is 1. The number of ether oxygens (including phenoxy) is 1. The highest BCUT2D eigenvalue weighted by Crippen LogP contribution is 2.64. The van der Waals surface area contributed by atoms with E-state index in [0.717, 1.165) is 36.5 Å². The summed E-state index contributed by atoms with van der Waals surface area (Å²) in [4.78, 5) is 0. The van der Waals surface area contributed by atoms with Crippen molar-refractivity contribution < 1.29 is 14.9 Å². The normalized spacial score (nSPS) is 51.0. The van der Waals surface area contributed by atoms with Crippen molar-refractivity contribution >= 4 is 0 Å². The molecule has 0 amide bonds. The molecule has 0 saturated heterocycles. The van der Waals surface area contributed by atoms with Crippen molar-refractivity contribution in [3.63, 3.8) is 0 Å². The predicted molar refractivity (Wildman–Crippen MR) is 108 cm³/mol. The van der Waals surface area contributed by atoms with E-state index in [1.165, 1.54) is 51.4 Å². The Bertz CT molecular complexity index is 522. The number of methoxy groups -OCH3 is 1. The second-order valence-electron chi connectivity index (χ2n) is 11.1. The van der Waals surface area contributed by atoms with E-state index in [4.69, 9.17) is 4.74 Å². The van der Waals surface area contributed by atoms with Crippen LogP contribution in [0.1, 0.15) is 78.1 Å². The van der Waals surface area contributed by atoms with E-state index in [2.05, 4.69) is 13.8 Å². The summed E-state index contributed by atoms with van der Waals surface area (Å²) in [7, 11) is 1.72. The second kappa shape index (κ2) is 7.61. The van der Waals surface area contributed by atoms with Gasteiger partial charge in [-0.1, -0.05) is 20.3 Å². The molecule has 0 bridgehead atoms. The van der Waals surface area contributed by atoms with Crippen molar-refractivity contribution in [3.8, 4) is 0 Å². The molecule has 3 heteroatoms. The number of rotatable bonds is 4. The lowest BCUT2D eigenvalue weighted by atomic mass is 9.44. The van der Waals surface area contributed by atoms with E-state index in [9.17, 15) is 10.2 Å². The zero-order chi connectivity index (χ0) is 19.2. The van der Waals surface area contributed by atoms with Crippen LogP contribution in [-0.2, 0) is 4.74 Å². The van der Waals surface area contributed by atoms with Gasteiger partial charge in [-0.25, -0.2) is 0 Å². The van der Waals surface area contributed by atoms with E-state index in [0.29, 0.717) is 36.4 Å². The Morgan fingerprint density at radius 2 is 1.78 bits per heavy atom. The van der Waals surface area contributed by atoms with Crippen LogP contribution in [0.3, 0.4) is 0 Å². The van der Waals surface area contributed by atoms with Gasteiger partial charge in [0.15, 0.2) is 0 Å². The average Bonchev–Trinajstić information content (AvgIpc) is 2.65. The second-order valence-corrected chi connectivity index (χ2v) is 11.1. The Kier molecular flexibility index (Phi) is 5.68. The minimum Gasteiger partial charge on any atom is -0.396 e. The fourth-order valence-electron chi connectivity index (χ4n) is 8.66. The van der Waals surface area contributed by atoms with Crippen LogP contribution in [0, 0.1) is 46.8 Å². The van der Waals surface area contributed by atoms with E-state index >= 15 is 0 Å². The standard InChI is InChI=1S/C24H42O3/c1-16(14-25)21-5-4-6-22-20-8-7-17-13-24(26,15-27-3)12-10-18(17)19(20)9-11-23(21,22)2/h16-22,25-26H,4-15H2,1-3H3/t16-,17-,18+,19-,20-,21-,22+,23-,24-/m1/s1. The summed E-state index contributed by atoms with van der Waals surface area (Å²) in [5.41, 5.74) is -0.127. The lowest BCUT2D eigenvalue weighted by Crippen LogP contribution is -2.55. The van der Waals surface area contributed by atoms with Gasteiger partial charge in [0.2, 0.25) is 0 Å². The Hall–Kier alpha value is -0.120. The molecule has 2 N–H and O–H groups in total. The first kappa shape index (κ1) is 20.2. The molecule has 0 spiro atoms. The summed E-state index contributed by atoms with van der Waals surface area (Å²) < 4.78 is 5.33. The average molecular weight is 379 g/mol. The third kappa shape index (κ3) is 3.40. The molecule has 27 heavy (non-hydrogen) atoms. The summed E-state index contributed by atoms with van der Waals surface area (Å²) in [5, 5.41) is 20.7. The summed E-state index contributed by atoms with van der Waals surface area (Å²) >= 11 is 0. The highest BCUT2D eigenvalue weighted by molar-refractivity contribution is 5.06. The summed E-state index contributed by atoms with van der Waals surface area (Å²) in [6, 6.07) is 0. The van der Waals surface area contributed by atoms with Crippen molar-refractivity contribution in [1.29, 1.82) is 0 Å². The molecular weight excluding hydrogens is 336 g/mol. The van der Waals surface area contributed by atoms with Gasteiger partial charge in [-0.05, 0) is 105 Å². The van der Waals surface area contributed by atoms with Crippen LogP contribution in [0.15, 0.2) is 0 Å². The highest BCUT2D eigenvalue weighted by Gasteiger charge is 2.56. The van der Waals surface area contributed by atoms with Gasteiger partial charge in [-0.15, -0.1) is 0 Å². The molecule has 0 aromatic carbocycles. The third-order valence-corrected chi connectivity index (χ3v) is 9.81. The SMILES string of the molecule is COC[C@@]1(O)CC[C@H]2[C@H](CC[C@@H]3[C@@H]2CC[C@]2(C)[C@@H]([C@H](C)CO)CCC[C@@H]32)C1. The molecule has 0 aromatic heterocycles. The molecule has 0 aromatic rings. The minimum absolute atomic E-state index is 0.351. The lowest BCUT2D eigenvalue weighted by Gasteiger charge is -2.61. The highest BCUT2D eigenvalue weighted by atomic mass is 16.5. The van der Waals surface area contributed by atoms with Gasteiger partial charge in [0.05, 0.1) is 12.2 Å². The first-order chi connectivity index (χ1) is 12.9. The number of aliphatic hydroxyl groups is 2. The molecule has 4 fully saturated rings. The van der Waals surface area contributed by atoms with Gasteiger partial charge in [0, 0.05) is 13.7 Å². The van der Waals surface area contributed by atoms with Crippen LogP contribution in [-0.4, -0.2) is 36.1 Å². The maximum Gasteiger partial charge on any atom is 0.0882 e. The predicted octanol–water partition coefficient (Wildman–Crippen LogP) is 4.65. The molecule has 4 aliphatic rings. The largest absolute Gasteiger partial charge is 0.396 e. The van der Waals surface area contributed by atoms with Gasteiger partial charge in [-0.3, -0.25) is 0 Å². The van der Waals surface area contributed by atoms with E-state index in [1.807, 2.05) is 0 Å².